The second kappa shape index (κ2) is 11.2. The van der Waals surface area contributed by atoms with Crippen molar-refractivity contribution in [2.75, 3.05) is 7.05 Å². The number of carbonyl (C=O) groups excluding carboxylic acids is 2. The summed E-state index contributed by atoms with van der Waals surface area (Å²) in [6.07, 6.45) is 15.1. The van der Waals surface area contributed by atoms with E-state index in [-0.39, 0.29) is 18.4 Å². The van der Waals surface area contributed by atoms with Crippen molar-refractivity contribution >= 4 is 22.8 Å². The van der Waals surface area contributed by atoms with E-state index in [0.29, 0.717) is 24.2 Å². The summed E-state index contributed by atoms with van der Waals surface area (Å²) in [7, 11) is 1.78. The number of aromatic nitrogens is 3. The van der Waals surface area contributed by atoms with Gasteiger partial charge in [0.2, 0.25) is 5.91 Å². The Morgan fingerprint density at radius 2 is 1.58 bits per heavy atom. The molecule has 2 heterocycles. The molecule has 2 aliphatic rings. The van der Waals surface area contributed by atoms with E-state index in [9.17, 15) is 9.59 Å². The summed E-state index contributed by atoms with van der Waals surface area (Å²) in [5.74, 6) is 0.815. The number of hydrogen-bond donors (Lipinski definition) is 0. The molecule has 2 amide bonds. The molecule has 2 aromatic heterocycles. The van der Waals surface area contributed by atoms with Crippen molar-refractivity contribution in [3.05, 3.63) is 60.2 Å². The molecule has 0 spiro atoms. The van der Waals surface area contributed by atoms with Gasteiger partial charge in [-0.2, -0.15) is 0 Å². The third-order valence-corrected chi connectivity index (χ3v) is 7.88. The number of nitrogens with zero attached hydrogens (tertiary/aromatic N) is 5. The van der Waals surface area contributed by atoms with Crippen molar-refractivity contribution in [1.82, 2.24) is 24.3 Å². The van der Waals surface area contributed by atoms with E-state index < -0.39 is 0 Å². The first kappa shape index (κ1) is 24.5. The van der Waals surface area contributed by atoms with Crippen LogP contribution in [-0.2, 0) is 17.9 Å². The first-order chi connectivity index (χ1) is 17.6. The van der Waals surface area contributed by atoms with Gasteiger partial charge in [-0.05, 0) is 49.9 Å². The highest BCUT2D eigenvalue weighted by molar-refractivity contribution is 5.93. The minimum Gasteiger partial charge on any atom is -0.335 e. The molecular formula is C29H37N5O2. The van der Waals surface area contributed by atoms with Gasteiger partial charge >= 0.3 is 0 Å². The van der Waals surface area contributed by atoms with Gasteiger partial charge in [0.15, 0.2) is 0 Å². The first-order valence-corrected chi connectivity index (χ1v) is 13.5. The van der Waals surface area contributed by atoms with E-state index >= 15 is 0 Å². The smallest absolute Gasteiger partial charge is 0.255 e. The highest BCUT2D eigenvalue weighted by atomic mass is 16.2. The van der Waals surface area contributed by atoms with Crippen molar-refractivity contribution in [2.45, 2.75) is 89.4 Å². The maximum absolute atomic E-state index is 14.0. The lowest BCUT2D eigenvalue weighted by molar-refractivity contribution is -0.138. The Kier molecular flexibility index (Phi) is 7.63. The Balaban J connectivity index is 1.42. The van der Waals surface area contributed by atoms with E-state index in [1.54, 1.807) is 36.5 Å². The largest absolute Gasteiger partial charge is 0.335 e. The molecule has 3 aromatic rings. The molecule has 0 unspecified atom stereocenters. The van der Waals surface area contributed by atoms with Crippen LogP contribution >= 0.6 is 0 Å². The number of benzene rings is 1. The average Bonchev–Trinajstić information content (AvgIpc) is 3.26. The molecular weight excluding hydrogens is 450 g/mol. The molecule has 190 valence electrons. The monoisotopic (exact) mass is 487 g/mol. The van der Waals surface area contributed by atoms with E-state index in [1.165, 1.54) is 38.5 Å². The van der Waals surface area contributed by atoms with Crippen molar-refractivity contribution in [3.8, 4) is 0 Å². The Bertz CT molecular complexity index is 1160. The van der Waals surface area contributed by atoms with Gasteiger partial charge in [0.1, 0.15) is 12.4 Å². The maximum atomic E-state index is 14.0. The lowest BCUT2D eigenvalue weighted by atomic mass is 9.88. The van der Waals surface area contributed by atoms with Crippen LogP contribution in [0.4, 0.5) is 0 Å². The number of para-hydroxylation sites is 2. The standard InChI is InChI=1S/C29H37N5O2/c1-32(29(36)22-11-10-18-30-19-22)20-27-31-25-16-8-9-17-26(25)33(27)21-28(35)34(23-12-4-2-5-13-23)24-14-6-3-7-15-24/h8-11,16-19,23-24H,2-7,12-15,20-21H2,1H3. The topological polar surface area (TPSA) is 71.3 Å². The normalized spacial score (nSPS) is 17.2. The molecule has 0 bridgehead atoms. The van der Waals surface area contributed by atoms with Crippen molar-refractivity contribution in [2.24, 2.45) is 0 Å². The molecule has 0 saturated heterocycles. The number of imidazole rings is 1. The second-order valence-corrected chi connectivity index (χ2v) is 10.4. The zero-order valence-electron chi connectivity index (χ0n) is 21.3. The van der Waals surface area contributed by atoms with Gasteiger partial charge in [-0.15, -0.1) is 0 Å². The lowest BCUT2D eigenvalue weighted by Gasteiger charge is -2.42. The minimum atomic E-state index is -0.112. The second-order valence-electron chi connectivity index (χ2n) is 10.4. The van der Waals surface area contributed by atoms with E-state index in [4.69, 9.17) is 4.98 Å². The van der Waals surface area contributed by atoms with E-state index in [2.05, 4.69) is 9.88 Å². The van der Waals surface area contributed by atoms with Crippen molar-refractivity contribution in [1.29, 1.82) is 0 Å². The number of rotatable bonds is 7. The Labute approximate surface area is 213 Å². The SMILES string of the molecule is CN(Cc1nc2ccccc2n1CC(=O)N(C1CCCCC1)C1CCCCC1)C(=O)c1cccnc1. The molecule has 0 aliphatic heterocycles. The van der Waals surface area contributed by atoms with Crippen LogP contribution < -0.4 is 0 Å². The summed E-state index contributed by atoms with van der Waals surface area (Å²) >= 11 is 0. The molecule has 0 N–H and O–H groups in total. The summed E-state index contributed by atoms with van der Waals surface area (Å²) in [5, 5.41) is 0. The van der Waals surface area contributed by atoms with Gasteiger partial charge in [-0.1, -0.05) is 50.7 Å². The molecule has 0 atom stereocenters. The van der Waals surface area contributed by atoms with Crippen molar-refractivity contribution in [3.63, 3.8) is 0 Å². The lowest BCUT2D eigenvalue weighted by Crippen LogP contribution is -2.50. The number of carbonyl (C=O) groups is 2. The number of fused-ring (bicyclic) bond motifs is 1. The third-order valence-electron chi connectivity index (χ3n) is 7.88. The van der Waals surface area contributed by atoms with Gasteiger partial charge in [0.25, 0.3) is 5.91 Å². The summed E-state index contributed by atoms with van der Waals surface area (Å²) in [5.41, 5.74) is 2.33. The fraction of sp³-hybridized carbons (Fsp3) is 0.517. The number of hydrogen-bond acceptors (Lipinski definition) is 4. The van der Waals surface area contributed by atoms with Crippen LogP contribution in [0.3, 0.4) is 0 Å². The molecule has 5 rings (SSSR count). The van der Waals surface area contributed by atoms with Gasteiger partial charge < -0.3 is 14.4 Å². The fourth-order valence-corrected chi connectivity index (χ4v) is 6.06. The summed E-state index contributed by atoms with van der Waals surface area (Å²) in [4.78, 5) is 39.9. The average molecular weight is 488 g/mol. The number of pyridine rings is 1. The Morgan fingerprint density at radius 3 is 2.22 bits per heavy atom. The van der Waals surface area contributed by atoms with Crippen LogP contribution in [0.1, 0.15) is 80.4 Å². The molecule has 36 heavy (non-hydrogen) atoms. The highest BCUT2D eigenvalue weighted by Gasteiger charge is 2.33. The Hall–Kier alpha value is -3.22. The van der Waals surface area contributed by atoms with Crippen LogP contribution in [0, 0.1) is 0 Å². The zero-order valence-corrected chi connectivity index (χ0v) is 21.3. The van der Waals surface area contributed by atoms with E-state index in [1.807, 2.05) is 28.8 Å². The first-order valence-electron chi connectivity index (χ1n) is 13.5. The number of amides is 2. The maximum Gasteiger partial charge on any atom is 0.255 e. The molecule has 2 aliphatic carbocycles. The predicted molar refractivity (Wildman–Crippen MR) is 140 cm³/mol. The third kappa shape index (κ3) is 5.30. The van der Waals surface area contributed by atoms with Crippen LogP contribution in [0.5, 0.6) is 0 Å². The van der Waals surface area contributed by atoms with Crippen LogP contribution in [-0.4, -0.2) is 55.3 Å². The minimum absolute atomic E-state index is 0.112. The highest BCUT2D eigenvalue weighted by Crippen LogP contribution is 2.31. The summed E-state index contributed by atoms with van der Waals surface area (Å²) in [6.45, 7) is 0.584. The quantitative estimate of drug-likeness (QED) is 0.459. The van der Waals surface area contributed by atoms with Crippen LogP contribution in [0.15, 0.2) is 48.8 Å². The summed E-state index contributed by atoms with van der Waals surface area (Å²) < 4.78 is 2.03. The predicted octanol–water partition coefficient (Wildman–Crippen LogP) is 5.20. The van der Waals surface area contributed by atoms with Crippen molar-refractivity contribution < 1.29 is 9.59 Å². The molecule has 0 radical (unpaired) electrons. The molecule has 2 fully saturated rings. The molecule has 2 saturated carbocycles. The van der Waals surface area contributed by atoms with Crippen LogP contribution in [0.25, 0.3) is 11.0 Å². The summed E-state index contributed by atoms with van der Waals surface area (Å²) in [6, 6.07) is 12.2. The van der Waals surface area contributed by atoms with Gasteiger partial charge in [-0.25, -0.2) is 4.98 Å². The Morgan fingerprint density at radius 1 is 0.917 bits per heavy atom. The van der Waals surface area contributed by atoms with Gasteiger partial charge in [-0.3, -0.25) is 14.6 Å². The fourth-order valence-electron chi connectivity index (χ4n) is 6.06. The van der Waals surface area contributed by atoms with Crippen LogP contribution in [0.2, 0.25) is 0 Å². The molecule has 1 aromatic carbocycles. The van der Waals surface area contributed by atoms with E-state index in [0.717, 1.165) is 42.5 Å². The molecule has 7 heteroatoms. The van der Waals surface area contributed by atoms with Gasteiger partial charge in [0, 0.05) is 31.5 Å². The van der Waals surface area contributed by atoms with Gasteiger partial charge in [0.05, 0.1) is 23.1 Å². The zero-order chi connectivity index (χ0) is 24.9. The molecule has 7 nitrogen and oxygen atoms in total.